The standard InChI is InChI=1S/C13H11Cl2N3O2/c1-8-4-5-16-13(17-8)18-12(19)7-20-11-3-2-9(14)6-10(11)15/h2-6H,7H2,1H3,(H,16,17,18,19). The molecule has 0 aliphatic heterocycles. The molecular weight excluding hydrogens is 301 g/mol. The molecule has 1 aromatic carbocycles. The summed E-state index contributed by atoms with van der Waals surface area (Å²) in [6.07, 6.45) is 1.56. The van der Waals surface area contributed by atoms with Gasteiger partial charge in [0.15, 0.2) is 6.61 Å². The number of nitrogens with one attached hydrogen (secondary N) is 1. The first kappa shape index (κ1) is 14.6. The van der Waals surface area contributed by atoms with E-state index in [2.05, 4.69) is 15.3 Å². The zero-order valence-corrected chi connectivity index (χ0v) is 12.1. The monoisotopic (exact) mass is 311 g/mol. The Morgan fingerprint density at radius 1 is 1.35 bits per heavy atom. The summed E-state index contributed by atoms with van der Waals surface area (Å²) in [5.74, 6) is 0.249. The number of amides is 1. The van der Waals surface area contributed by atoms with Gasteiger partial charge in [-0.25, -0.2) is 9.97 Å². The van der Waals surface area contributed by atoms with E-state index in [0.717, 1.165) is 5.69 Å². The van der Waals surface area contributed by atoms with Crippen LogP contribution in [0, 0.1) is 6.92 Å². The Hall–Kier alpha value is -1.85. The van der Waals surface area contributed by atoms with Crippen molar-refractivity contribution in [1.82, 2.24) is 9.97 Å². The van der Waals surface area contributed by atoms with E-state index in [9.17, 15) is 4.79 Å². The first-order valence-electron chi connectivity index (χ1n) is 5.72. The number of nitrogens with zero attached hydrogens (tertiary/aromatic N) is 2. The molecule has 0 fully saturated rings. The average Bonchev–Trinajstić information content (AvgIpc) is 2.37. The number of carbonyl (C=O) groups is 1. The molecule has 5 nitrogen and oxygen atoms in total. The lowest BCUT2D eigenvalue weighted by Crippen LogP contribution is -2.21. The van der Waals surface area contributed by atoms with Crippen LogP contribution in [-0.4, -0.2) is 22.5 Å². The van der Waals surface area contributed by atoms with Crippen molar-refractivity contribution >= 4 is 35.1 Å². The van der Waals surface area contributed by atoms with Crippen molar-refractivity contribution in [3.8, 4) is 5.75 Å². The maximum Gasteiger partial charge on any atom is 0.264 e. The first-order chi connectivity index (χ1) is 9.54. The minimum atomic E-state index is -0.374. The Kier molecular flexibility index (Phi) is 4.76. The molecule has 0 atom stereocenters. The molecule has 104 valence electrons. The summed E-state index contributed by atoms with van der Waals surface area (Å²) in [6.45, 7) is 1.61. The Balaban J connectivity index is 1.92. The Morgan fingerprint density at radius 3 is 2.85 bits per heavy atom. The van der Waals surface area contributed by atoms with Crippen molar-refractivity contribution in [2.75, 3.05) is 11.9 Å². The second kappa shape index (κ2) is 6.54. The molecule has 2 rings (SSSR count). The maximum absolute atomic E-state index is 11.7. The number of benzene rings is 1. The fourth-order valence-electron chi connectivity index (χ4n) is 1.41. The molecule has 0 bridgehead atoms. The van der Waals surface area contributed by atoms with E-state index < -0.39 is 0 Å². The van der Waals surface area contributed by atoms with Crippen molar-refractivity contribution in [1.29, 1.82) is 0 Å². The number of rotatable bonds is 4. The quantitative estimate of drug-likeness (QED) is 0.942. The summed E-state index contributed by atoms with van der Waals surface area (Å²) in [5.41, 5.74) is 0.761. The number of carbonyl (C=O) groups excluding carboxylic acids is 1. The van der Waals surface area contributed by atoms with E-state index in [0.29, 0.717) is 15.8 Å². The van der Waals surface area contributed by atoms with E-state index >= 15 is 0 Å². The van der Waals surface area contributed by atoms with Crippen LogP contribution < -0.4 is 10.1 Å². The lowest BCUT2D eigenvalue weighted by atomic mass is 10.3. The number of hydrogen-bond donors (Lipinski definition) is 1. The first-order valence-corrected chi connectivity index (χ1v) is 6.47. The van der Waals surface area contributed by atoms with Crippen molar-refractivity contribution in [3.63, 3.8) is 0 Å². The van der Waals surface area contributed by atoms with Crippen LogP contribution in [0.2, 0.25) is 10.0 Å². The molecule has 0 unspecified atom stereocenters. The number of ether oxygens (including phenoxy) is 1. The molecule has 1 amide bonds. The predicted molar refractivity (Wildman–Crippen MR) is 77.4 cm³/mol. The van der Waals surface area contributed by atoms with Crippen LogP contribution >= 0.6 is 23.2 Å². The van der Waals surface area contributed by atoms with Gasteiger partial charge in [-0.3, -0.25) is 10.1 Å². The maximum atomic E-state index is 11.7. The van der Waals surface area contributed by atoms with Crippen LogP contribution in [0.15, 0.2) is 30.5 Å². The van der Waals surface area contributed by atoms with Gasteiger partial charge < -0.3 is 4.74 Å². The van der Waals surface area contributed by atoms with E-state index in [1.165, 1.54) is 0 Å². The van der Waals surface area contributed by atoms with Gasteiger partial charge in [0.1, 0.15) is 5.75 Å². The molecule has 2 aromatic rings. The molecule has 1 aromatic heterocycles. The average molecular weight is 312 g/mol. The lowest BCUT2D eigenvalue weighted by molar-refractivity contribution is -0.118. The fraction of sp³-hybridized carbons (Fsp3) is 0.154. The third kappa shape index (κ3) is 4.08. The summed E-state index contributed by atoms with van der Waals surface area (Å²) in [5, 5.41) is 3.37. The van der Waals surface area contributed by atoms with Gasteiger partial charge >= 0.3 is 0 Å². The Labute approximate surface area is 125 Å². The second-order valence-electron chi connectivity index (χ2n) is 3.93. The van der Waals surface area contributed by atoms with Gasteiger partial charge in [-0.1, -0.05) is 23.2 Å². The summed E-state index contributed by atoms with van der Waals surface area (Å²) in [7, 11) is 0. The van der Waals surface area contributed by atoms with E-state index in [1.54, 1.807) is 37.4 Å². The topological polar surface area (TPSA) is 64.1 Å². The van der Waals surface area contributed by atoms with Crippen molar-refractivity contribution < 1.29 is 9.53 Å². The number of aromatic nitrogens is 2. The molecule has 1 heterocycles. The fourth-order valence-corrected chi connectivity index (χ4v) is 1.87. The highest BCUT2D eigenvalue weighted by atomic mass is 35.5. The summed E-state index contributed by atoms with van der Waals surface area (Å²) < 4.78 is 5.30. The van der Waals surface area contributed by atoms with Crippen LogP contribution in [0.4, 0.5) is 5.95 Å². The largest absolute Gasteiger partial charge is 0.482 e. The number of halogens is 2. The summed E-state index contributed by atoms with van der Waals surface area (Å²) >= 11 is 11.7. The molecule has 0 radical (unpaired) electrons. The second-order valence-corrected chi connectivity index (χ2v) is 4.78. The minimum Gasteiger partial charge on any atom is -0.482 e. The van der Waals surface area contributed by atoms with Crippen LogP contribution in [0.25, 0.3) is 0 Å². The van der Waals surface area contributed by atoms with Crippen molar-refractivity contribution in [2.45, 2.75) is 6.92 Å². The van der Waals surface area contributed by atoms with E-state index in [4.69, 9.17) is 27.9 Å². The van der Waals surface area contributed by atoms with Gasteiger partial charge in [-0.15, -0.1) is 0 Å². The Morgan fingerprint density at radius 2 is 2.15 bits per heavy atom. The molecular formula is C13H11Cl2N3O2. The summed E-state index contributed by atoms with van der Waals surface area (Å²) in [6, 6.07) is 6.51. The molecule has 0 saturated carbocycles. The van der Waals surface area contributed by atoms with Crippen molar-refractivity contribution in [2.24, 2.45) is 0 Å². The van der Waals surface area contributed by atoms with E-state index in [-0.39, 0.29) is 18.5 Å². The van der Waals surface area contributed by atoms with Crippen LogP contribution in [-0.2, 0) is 4.79 Å². The SMILES string of the molecule is Cc1ccnc(NC(=O)COc2ccc(Cl)cc2Cl)n1. The zero-order valence-electron chi connectivity index (χ0n) is 10.6. The Bertz CT molecular complexity index is 635. The number of hydrogen-bond acceptors (Lipinski definition) is 4. The molecule has 0 saturated heterocycles. The van der Waals surface area contributed by atoms with Crippen LogP contribution in [0.5, 0.6) is 5.75 Å². The van der Waals surface area contributed by atoms with Gasteiger partial charge in [0.05, 0.1) is 5.02 Å². The molecule has 7 heteroatoms. The third-order valence-electron chi connectivity index (χ3n) is 2.30. The van der Waals surface area contributed by atoms with Gasteiger partial charge in [0.2, 0.25) is 5.95 Å². The van der Waals surface area contributed by atoms with Crippen molar-refractivity contribution in [3.05, 3.63) is 46.2 Å². The number of anilines is 1. The summed E-state index contributed by atoms with van der Waals surface area (Å²) in [4.78, 5) is 19.7. The molecule has 20 heavy (non-hydrogen) atoms. The smallest absolute Gasteiger partial charge is 0.264 e. The lowest BCUT2D eigenvalue weighted by Gasteiger charge is -2.08. The van der Waals surface area contributed by atoms with Gasteiger partial charge in [-0.05, 0) is 31.2 Å². The molecule has 0 spiro atoms. The van der Waals surface area contributed by atoms with Crippen LogP contribution in [0.1, 0.15) is 5.69 Å². The van der Waals surface area contributed by atoms with Gasteiger partial charge in [-0.2, -0.15) is 0 Å². The zero-order chi connectivity index (χ0) is 14.5. The molecule has 0 aliphatic carbocycles. The van der Waals surface area contributed by atoms with Gasteiger partial charge in [0.25, 0.3) is 5.91 Å². The molecule has 1 N–H and O–H groups in total. The predicted octanol–water partition coefficient (Wildman–Crippen LogP) is 3.11. The normalized spacial score (nSPS) is 10.2. The third-order valence-corrected chi connectivity index (χ3v) is 2.83. The van der Waals surface area contributed by atoms with Crippen LogP contribution in [0.3, 0.4) is 0 Å². The number of aryl methyl sites for hydroxylation is 1. The molecule has 0 aliphatic rings. The van der Waals surface area contributed by atoms with Gasteiger partial charge in [0, 0.05) is 16.9 Å². The minimum absolute atomic E-state index is 0.196. The highest BCUT2D eigenvalue weighted by Gasteiger charge is 2.08. The van der Waals surface area contributed by atoms with E-state index in [1.807, 2.05) is 0 Å². The highest BCUT2D eigenvalue weighted by molar-refractivity contribution is 6.35. The highest BCUT2D eigenvalue weighted by Crippen LogP contribution is 2.27.